The Morgan fingerprint density at radius 1 is 1.26 bits per heavy atom. The molecule has 0 atom stereocenters. The van der Waals surface area contributed by atoms with Gasteiger partial charge in [-0.2, -0.15) is 0 Å². The van der Waals surface area contributed by atoms with Crippen molar-refractivity contribution in [3.05, 3.63) is 57.0 Å². The minimum atomic E-state index is -3.65. The number of benzene rings is 1. The lowest BCUT2D eigenvalue weighted by molar-refractivity contribution is -0.130. The largest absolute Gasteiger partial charge is 0.478 e. The van der Waals surface area contributed by atoms with Crippen LogP contribution in [0.4, 0.5) is 0 Å². The lowest BCUT2D eigenvalue weighted by Gasteiger charge is -2.17. The number of rotatable bonds is 4. The van der Waals surface area contributed by atoms with E-state index in [4.69, 9.17) is 11.6 Å². The van der Waals surface area contributed by atoms with Gasteiger partial charge >= 0.3 is 5.97 Å². The van der Waals surface area contributed by atoms with Gasteiger partial charge in [0.2, 0.25) is 0 Å². The Bertz CT molecular complexity index is 1350. The number of halogens is 1. The Kier molecular flexibility index (Phi) is 5.45. The van der Waals surface area contributed by atoms with Gasteiger partial charge in [0.05, 0.1) is 26.4 Å². The number of nitrogens with one attached hydrogen (secondary N) is 1. The van der Waals surface area contributed by atoms with Gasteiger partial charge in [-0.05, 0) is 31.9 Å². The Morgan fingerprint density at radius 3 is 2.65 bits per heavy atom. The highest BCUT2D eigenvalue weighted by molar-refractivity contribution is 7.92. The molecule has 0 saturated heterocycles. The van der Waals surface area contributed by atoms with Crippen LogP contribution in [0, 0.1) is 0 Å². The van der Waals surface area contributed by atoms with Crippen LogP contribution in [0.1, 0.15) is 34.8 Å². The van der Waals surface area contributed by atoms with E-state index in [2.05, 4.69) is 4.98 Å². The van der Waals surface area contributed by atoms with Gasteiger partial charge in [-0.3, -0.25) is 4.79 Å². The summed E-state index contributed by atoms with van der Waals surface area (Å²) in [6.07, 6.45) is 1.72. The monoisotopic (exact) mass is 478 g/mol. The standard InChI is InChI=1S/C21H19ClN2O5S2/c1-11(2)31(28,29)16-10-30-19(17(16)22)20(25)24-8-7-13-12-5-3-4-6-15(12)23-18(13)14(9-24)21(26)27/h3-6,9-11,23H,7-8H2,1-2H3,(H,26,27). The first-order chi connectivity index (χ1) is 14.6. The van der Waals surface area contributed by atoms with Gasteiger partial charge in [0.1, 0.15) is 4.88 Å². The van der Waals surface area contributed by atoms with Gasteiger partial charge in [-0.1, -0.05) is 29.8 Å². The molecule has 0 spiro atoms. The molecule has 0 bridgehead atoms. The van der Waals surface area contributed by atoms with Crippen LogP contribution in [0.5, 0.6) is 0 Å². The van der Waals surface area contributed by atoms with Crippen molar-refractivity contribution in [1.82, 2.24) is 9.88 Å². The summed E-state index contributed by atoms with van der Waals surface area (Å²) in [7, 11) is -3.65. The van der Waals surface area contributed by atoms with Crippen LogP contribution in [0.2, 0.25) is 5.02 Å². The molecule has 3 aromatic rings. The van der Waals surface area contributed by atoms with Gasteiger partial charge in [-0.15, -0.1) is 11.3 Å². The van der Waals surface area contributed by atoms with Gasteiger partial charge in [-0.25, -0.2) is 13.2 Å². The zero-order valence-electron chi connectivity index (χ0n) is 16.7. The van der Waals surface area contributed by atoms with Crippen molar-refractivity contribution in [3.63, 3.8) is 0 Å². The minimum absolute atomic E-state index is 0.0419. The van der Waals surface area contributed by atoms with Crippen LogP contribution in [0.15, 0.2) is 40.7 Å². The predicted molar refractivity (Wildman–Crippen MR) is 120 cm³/mol. The number of carbonyl (C=O) groups is 2. The van der Waals surface area contributed by atoms with E-state index in [9.17, 15) is 23.1 Å². The molecule has 0 unspecified atom stereocenters. The zero-order chi connectivity index (χ0) is 22.5. The van der Waals surface area contributed by atoms with Crippen molar-refractivity contribution in [2.75, 3.05) is 6.54 Å². The summed E-state index contributed by atoms with van der Waals surface area (Å²) in [5.74, 6) is -1.71. The van der Waals surface area contributed by atoms with E-state index in [1.165, 1.54) is 16.5 Å². The van der Waals surface area contributed by atoms with E-state index >= 15 is 0 Å². The SMILES string of the molecule is CC(C)S(=O)(=O)c1csc(C(=O)N2C=C(C(=O)O)c3[nH]c4ccccc4c3CC2)c1Cl. The van der Waals surface area contributed by atoms with Gasteiger partial charge in [0, 0.05) is 29.0 Å². The molecule has 0 fully saturated rings. The maximum Gasteiger partial charge on any atom is 0.339 e. The van der Waals surface area contributed by atoms with Crippen LogP contribution < -0.4 is 0 Å². The third-order valence-corrected chi connectivity index (χ3v) is 9.19. The molecule has 1 aromatic carbocycles. The zero-order valence-corrected chi connectivity index (χ0v) is 19.1. The molecule has 2 aromatic heterocycles. The fourth-order valence-corrected chi connectivity index (χ4v) is 6.61. The van der Waals surface area contributed by atoms with E-state index in [-0.39, 0.29) is 26.9 Å². The highest BCUT2D eigenvalue weighted by Gasteiger charge is 2.31. The number of hydrogen-bond acceptors (Lipinski definition) is 5. The summed E-state index contributed by atoms with van der Waals surface area (Å²) in [4.78, 5) is 29.6. The maximum absolute atomic E-state index is 13.2. The molecule has 0 radical (unpaired) electrons. The highest BCUT2D eigenvalue weighted by Crippen LogP contribution is 2.36. The van der Waals surface area contributed by atoms with Crippen molar-refractivity contribution in [2.24, 2.45) is 0 Å². The second-order valence-corrected chi connectivity index (χ2v) is 11.2. The quantitative estimate of drug-likeness (QED) is 0.584. The number of aliphatic carboxylic acids is 1. The van der Waals surface area contributed by atoms with Gasteiger partial charge < -0.3 is 15.0 Å². The summed E-state index contributed by atoms with van der Waals surface area (Å²) in [6.45, 7) is 3.31. The van der Waals surface area contributed by atoms with Crippen molar-refractivity contribution >= 4 is 61.1 Å². The van der Waals surface area contributed by atoms with Crippen LogP contribution in [0.25, 0.3) is 16.5 Å². The fraction of sp³-hybridized carbons (Fsp3) is 0.238. The molecular formula is C21H19ClN2O5S2. The summed E-state index contributed by atoms with van der Waals surface area (Å²) >= 11 is 7.23. The molecular weight excluding hydrogens is 460 g/mol. The Balaban J connectivity index is 1.76. The average molecular weight is 479 g/mol. The Labute approximate surface area is 187 Å². The van der Waals surface area contributed by atoms with Crippen molar-refractivity contribution < 1.29 is 23.1 Å². The van der Waals surface area contributed by atoms with Crippen molar-refractivity contribution in [2.45, 2.75) is 30.4 Å². The molecule has 0 aliphatic carbocycles. The molecule has 31 heavy (non-hydrogen) atoms. The molecule has 162 valence electrons. The lowest BCUT2D eigenvalue weighted by atomic mass is 10.0. The second kappa shape index (κ2) is 7.81. The molecule has 10 heteroatoms. The van der Waals surface area contributed by atoms with Crippen LogP contribution in [-0.4, -0.2) is 47.1 Å². The first kappa shape index (κ1) is 21.6. The molecule has 1 aliphatic heterocycles. The average Bonchev–Trinajstić information content (AvgIpc) is 3.22. The van der Waals surface area contributed by atoms with Crippen LogP contribution in [-0.2, 0) is 21.1 Å². The number of thiophene rings is 1. The predicted octanol–water partition coefficient (Wildman–Crippen LogP) is 4.19. The van der Waals surface area contributed by atoms with Crippen LogP contribution >= 0.6 is 22.9 Å². The Hall–Kier alpha value is -2.62. The normalized spacial score (nSPS) is 14.5. The van der Waals surface area contributed by atoms with Crippen molar-refractivity contribution in [3.8, 4) is 0 Å². The maximum atomic E-state index is 13.2. The number of carboxylic acids is 1. The molecule has 2 N–H and O–H groups in total. The van der Waals surface area contributed by atoms with Crippen LogP contribution in [0.3, 0.4) is 0 Å². The topological polar surface area (TPSA) is 108 Å². The highest BCUT2D eigenvalue weighted by atomic mass is 35.5. The minimum Gasteiger partial charge on any atom is -0.478 e. The second-order valence-electron chi connectivity index (χ2n) is 7.46. The lowest BCUT2D eigenvalue weighted by Crippen LogP contribution is -2.27. The third-order valence-electron chi connectivity index (χ3n) is 5.28. The number of carboxylic acid groups (broad SMARTS) is 1. The molecule has 1 amide bonds. The number of fused-ring (bicyclic) bond motifs is 3. The van der Waals surface area contributed by atoms with E-state index in [0.717, 1.165) is 27.8 Å². The van der Waals surface area contributed by atoms with Crippen molar-refractivity contribution in [1.29, 1.82) is 0 Å². The number of carbonyl (C=O) groups excluding carboxylic acids is 1. The summed E-state index contributed by atoms with van der Waals surface area (Å²) in [5, 5.41) is 11.3. The number of H-pyrrole nitrogens is 1. The van der Waals surface area contributed by atoms with E-state index < -0.39 is 27.0 Å². The number of nitrogens with zero attached hydrogens (tertiary/aromatic N) is 1. The smallest absolute Gasteiger partial charge is 0.339 e. The number of hydrogen-bond donors (Lipinski definition) is 2. The van der Waals surface area contributed by atoms with E-state index in [1.54, 1.807) is 13.8 Å². The molecule has 4 rings (SSSR count). The van der Waals surface area contributed by atoms with E-state index in [1.807, 2.05) is 24.3 Å². The number of aromatic nitrogens is 1. The summed E-state index contributed by atoms with van der Waals surface area (Å²) in [5.41, 5.74) is 2.06. The third kappa shape index (κ3) is 3.56. The molecule has 7 nitrogen and oxygen atoms in total. The molecule has 0 saturated carbocycles. The number of amides is 1. The first-order valence-electron chi connectivity index (χ1n) is 9.49. The molecule has 3 heterocycles. The first-order valence-corrected chi connectivity index (χ1v) is 12.3. The number of aromatic amines is 1. The van der Waals surface area contributed by atoms with Gasteiger partial charge in [0.25, 0.3) is 5.91 Å². The van der Waals surface area contributed by atoms with E-state index in [0.29, 0.717) is 12.1 Å². The summed E-state index contributed by atoms with van der Waals surface area (Å²) < 4.78 is 25.0. The summed E-state index contributed by atoms with van der Waals surface area (Å²) in [6, 6.07) is 7.51. The fourth-order valence-electron chi connectivity index (χ4n) is 3.58. The van der Waals surface area contributed by atoms with Gasteiger partial charge in [0.15, 0.2) is 9.84 Å². The molecule has 1 aliphatic rings. The number of para-hydroxylation sites is 1. The Morgan fingerprint density at radius 2 is 1.97 bits per heavy atom. The number of sulfone groups is 1.